The predicted octanol–water partition coefficient (Wildman–Crippen LogP) is 4.32. The summed E-state index contributed by atoms with van der Waals surface area (Å²) in [6.07, 6.45) is 8.74. The van der Waals surface area contributed by atoms with Crippen LogP contribution in [0.1, 0.15) is 30.9 Å². The van der Waals surface area contributed by atoms with E-state index in [-0.39, 0.29) is 5.92 Å². The van der Waals surface area contributed by atoms with Crippen LogP contribution in [0.3, 0.4) is 0 Å². The minimum absolute atomic E-state index is 0.0379. The smallest absolute Gasteiger partial charge is 0.105 e. The van der Waals surface area contributed by atoms with Gasteiger partial charge in [-0.1, -0.05) is 62.1 Å². The Bertz CT molecular complexity index is 471. The van der Waals surface area contributed by atoms with Crippen molar-refractivity contribution in [3.8, 4) is 0 Å². The maximum Gasteiger partial charge on any atom is 0.105 e. The van der Waals surface area contributed by atoms with Gasteiger partial charge in [-0.05, 0) is 36.0 Å². The number of allylic oxidation sites excluding steroid dienone is 5. The van der Waals surface area contributed by atoms with Crippen LogP contribution in [0, 0.1) is 0 Å². The Balaban J connectivity index is 2.76. The molecule has 1 aromatic carbocycles. The summed E-state index contributed by atoms with van der Waals surface area (Å²) in [5.74, 6) is 0.0379. The zero-order chi connectivity index (χ0) is 15.0. The van der Waals surface area contributed by atoms with Crippen molar-refractivity contribution in [1.82, 2.24) is 0 Å². The molecule has 2 heteroatoms. The van der Waals surface area contributed by atoms with E-state index in [0.717, 1.165) is 12.0 Å². The molecule has 0 saturated heterocycles. The monoisotopic (exact) mass is 273 g/mol. The summed E-state index contributed by atoms with van der Waals surface area (Å²) in [6.45, 7) is 7.17. The third kappa shape index (κ3) is 4.78. The third-order valence-electron chi connectivity index (χ3n) is 3.55. The maximum atomic E-state index is 12.6. The zero-order valence-electron chi connectivity index (χ0n) is 12.4. The Morgan fingerprint density at radius 3 is 2.50 bits per heavy atom. The lowest BCUT2D eigenvalue weighted by atomic mass is 9.93. The van der Waals surface area contributed by atoms with Gasteiger partial charge in [0, 0.05) is 6.04 Å². The number of hydrogen-bond acceptors (Lipinski definition) is 1. The van der Waals surface area contributed by atoms with Gasteiger partial charge in [-0.15, -0.1) is 0 Å². The molecule has 108 valence electrons. The minimum atomic E-state index is -0.488. The van der Waals surface area contributed by atoms with Crippen molar-refractivity contribution in [2.75, 3.05) is 6.67 Å². The molecule has 2 unspecified atom stereocenters. The van der Waals surface area contributed by atoms with Crippen molar-refractivity contribution >= 4 is 0 Å². The van der Waals surface area contributed by atoms with Gasteiger partial charge in [0.05, 0.1) is 0 Å². The van der Waals surface area contributed by atoms with Crippen LogP contribution in [0.5, 0.6) is 0 Å². The van der Waals surface area contributed by atoms with Gasteiger partial charge in [-0.3, -0.25) is 0 Å². The van der Waals surface area contributed by atoms with Crippen LogP contribution in [0.15, 0.2) is 60.7 Å². The highest BCUT2D eigenvalue weighted by molar-refractivity contribution is 5.32. The van der Waals surface area contributed by atoms with Gasteiger partial charge in [-0.25, -0.2) is 4.39 Å². The number of rotatable bonds is 7. The molecule has 0 heterocycles. The summed E-state index contributed by atoms with van der Waals surface area (Å²) >= 11 is 0. The Morgan fingerprint density at radius 2 is 2.00 bits per heavy atom. The van der Waals surface area contributed by atoms with Gasteiger partial charge in [0.15, 0.2) is 0 Å². The van der Waals surface area contributed by atoms with Crippen LogP contribution < -0.4 is 5.73 Å². The van der Waals surface area contributed by atoms with E-state index in [1.165, 1.54) is 11.1 Å². The van der Waals surface area contributed by atoms with Gasteiger partial charge < -0.3 is 5.73 Å². The van der Waals surface area contributed by atoms with Crippen LogP contribution >= 0.6 is 0 Å². The molecule has 0 bridgehead atoms. The fraction of sp³-hybridized carbons (Fsp3) is 0.333. The zero-order valence-corrected chi connectivity index (χ0v) is 12.4. The molecular weight excluding hydrogens is 249 g/mol. The molecule has 0 aliphatic heterocycles. The topological polar surface area (TPSA) is 26.0 Å². The Kier molecular flexibility index (Phi) is 6.96. The highest BCUT2D eigenvalue weighted by atomic mass is 19.1. The van der Waals surface area contributed by atoms with E-state index in [4.69, 9.17) is 5.73 Å². The van der Waals surface area contributed by atoms with Crippen molar-refractivity contribution < 1.29 is 4.39 Å². The van der Waals surface area contributed by atoms with E-state index in [1.807, 2.05) is 32.1 Å². The summed E-state index contributed by atoms with van der Waals surface area (Å²) < 4.78 is 12.6. The first-order chi connectivity index (χ1) is 9.62. The molecule has 0 fully saturated rings. The van der Waals surface area contributed by atoms with E-state index in [2.05, 4.69) is 30.9 Å². The highest BCUT2D eigenvalue weighted by Gasteiger charge is 2.14. The molecule has 2 atom stereocenters. The molecule has 0 amide bonds. The van der Waals surface area contributed by atoms with Crippen LogP contribution in [-0.4, -0.2) is 12.7 Å². The summed E-state index contributed by atoms with van der Waals surface area (Å²) in [4.78, 5) is 0. The third-order valence-corrected chi connectivity index (χ3v) is 3.55. The lowest BCUT2D eigenvalue weighted by Crippen LogP contribution is -2.28. The molecule has 0 aromatic heterocycles. The second-order valence-electron chi connectivity index (χ2n) is 4.98. The van der Waals surface area contributed by atoms with Crippen molar-refractivity contribution in [3.63, 3.8) is 0 Å². The highest BCUT2D eigenvalue weighted by Crippen LogP contribution is 2.20. The second kappa shape index (κ2) is 8.49. The van der Waals surface area contributed by atoms with Crippen molar-refractivity contribution in [3.05, 3.63) is 71.8 Å². The van der Waals surface area contributed by atoms with E-state index in [9.17, 15) is 4.39 Å². The molecular formula is C18H24FN. The summed E-state index contributed by atoms with van der Waals surface area (Å²) in [7, 11) is 0. The average Bonchev–Trinajstić information content (AvgIpc) is 2.50. The maximum absolute atomic E-state index is 12.6. The molecule has 0 aliphatic rings. The van der Waals surface area contributed by atoms with Crippen molar-refractivity contribution in [1.29, 1.82) is 0 Å². The van der Waals surface area contributed by atoms with Gasteiger partial charge in [0.1, 0.15) is 6.67 Å². The van der Waals surface area contributed by atoms with Crippen LogP contribution in [0.2, 0.25) is 0 Å². The van der Waals surface area contributed by atoms with E-state index in [1.54, 1.807) is 6.08 Å². The number of halogens is 1. The largest absolute Gasteiger partial charge is 0.325 e. The lowest BCUT2D eigenvalue weighted by molar-refractivity contribution is 0.396. The van der Waals surface area contributed by atoms with Gasteiger partial charge in [0.2, 0.25) is 0 Å². The fourth-order valence-electron chi connectivity index (χ4n) is 2.00. The minimum Gasteiger partial charge on any atom is -0.325 e. The molecule has 1 rings (SSSR count). The van der Waals surface area contributed by atoms with Gasteiger partial charge >= 0.3 is 0 Å². The van der Waals surface area contributed by atoms with Crippen LogP contribution in [0.25, 0.3) is 0 Å². The second-order valence-corrected chi connectivity index (χ2v) is 4.98. The molecule has 0 spiro atoms. The van der Waals surface area contributed by atoms with Crippen LogP contribution in [0.4, 0.5) is 4.39 Å². The van der Waals surface area contributed by atoms with E-state index < -0.39 is 12.7 Å². The van der Waals surface area contributed by atoms with Crippen LogP contribution in [-0.2, 0) is 6.42 Å². The molecule has 0 aliphatic carbocycles. The first-order valence-corrected chi connectivity index (χ1v) is 6.97. The number of hydrogen-bond donors (Lipinski definition) is 1. The summed E-state index contributed by atoms with van der Waals surface area (Å²) in [6, 6.07) is 7.83. The Morgan fingerprint density at radius 1 is 1.35 bits per heavy atom. The lowest BCUT2D eigenvalue weighted by Gasteiger charge is -2.17. The first kappa shape index (κ1) is 16.4. The molecule has 1 aromatic rings. The molecule has 1 nitrogen and oxygen atoms in total. The van der Waals surface area contributed by atoms with Crippen molar-refractivity contribution in [2.45, 2.75) is 32.2 Å². The Labute approximate surface area is 121 Å². The van der Waals surface area contributed by atoms with Gasteiger partial charge in [-0.2, -0.15) is 0 Å². The fourth-order valence-corrected chi connectivity index (χ4v) is 2.00. The molecule has 20 heavy (non-hydrogen) atoms. The average molecular weight is 273 g/mol. The molecule has 0 radical (unpaired) electrons. The molecule has 0 saturated carbocycles. The SMILES string of the molecule is C=C/C=C\C(=C/C)Cc1ccc(C(C)C(N)CF)cc1. The van der Waals surface area contributed by atoms with Gasteiger partial charge in [0.25, 0.3) is 0 Å². The quantitative estimate of drug-likeness (QED) is 0.736. The van der Waals surface area contributed by atoms with Crippen molar-refractivity contribution in [2.24, 2.45) is 5.73 Å². The number of nitrogens with two attached hydrogens (primary N) is 1. The van der Waals surface area contributed by atoms with E-state index in [0.29, 0.717) is 0 Å². The Hall–Kier alpha value is -1.67. The standard InChI is InChI=1S/C18H24FN/c1-4-6-7-15(5-2)12-16-8-10-17(11-9-16)14(3)18(20)13-19/h4-11,14,18H,1,12-13,20H2,2-3H3/b7-6-,15-5+. The number of alkyl halides is 1. The van der Waals surface area contributed by atoms with E-state index >= 15 is 0 Å². The normalized spacial score (nSPS) is 15.3. The molecule has 2 N–H and O–H groups in total. The summed E-state index contributed by atoms with van der Waals surface area (Å²) in [5, 5.41) is 0. The number of benzene rings is 1. The first-order valence-electron chi connectivity index (χ1n) is 6.97. The summed E-state index contributed by atoms with van der Waals surface area (Å²) in [5.41, 5.74) is 9.30. The predicted molar refractivity (Wildman–Crippen MR) is 85.6 cm³/mol.